The molecule has 1 aromatic rings. The zero-order valence-electron chi connectivity index (χ0n) is 18.0. The van der Waals surface area contributed by atoms with Gasteiger partial charge in [0.05, 0.1) is 23.2 Å². The van der Waals surface area contributed by atoms with E-state index in [-0.39, 0.29) is 48.0 Å². The van der Waals surface area contributed by atoms with E-state index in [9.17, 15) is 23.6 Å². The third-order valence-corrected chi connectivity index (χ3v) is 5.39. The zero-order valence-corrected chi connectivity index (χ0v) is 18.0. The molecule has 3 rings (SSSR count). The van der Waals surface area contributed by atoms with Crippen LogP contribution in [0.3, 0.4) is 0 Å². The molecule has 2 aliphatic rings. The van der Waals surface area contributed by atoms with Gasteiger partial charge in [-0.1, -0.05) is 12.8 Å². The molecule has 0 bridgehead atoms. The van der Waals surface area contributed by atoms with Gasteiger partial charge in [0.15, 0.2) is 0 Å². The average molecular weight is 433 g/mol. The van der Waals surface area contributed by atoms with Crippen LogP contribution in [-0.2, 0) is 19.1 Å². The van der Waals surface area contributed by atoms with Crippen molar-refractivity contribution in [3.63, 3.8) is 0 Å². The third kappa shape index (κ3) is 5.59. The first-order valence-electron chi connectivity index (χ1n) is 10.5. The van der Waals surface area contributed by atoms with Gasteiger partial charge in [-0.15, -0.1) is 0 Å². The van der Waals surface area contributed by atoms with Gasteiger partial charge >= 0.3 is 6.09 Å². The van der Waals surface area contributed by atoms with Crippen molar-refractivity contribution in [1.82, 2.24) is 4.90 Å². The van der Waals surface area contributed by atoms with Gasteiger partial charge in [-0.3, -0.25) is 24.6 Å². The summed E-state index contributed by atoms with van der Waals surface area (Å²) in [5, 5.41) is 5.02. The summed E-state index contributed by atoms with van der Waals surface area (Å²) >= 11 is 0. The van der Waals surface area contributed by atoms with Crippen LogP contribution in [0.25, 0.3) is 0 Å². The van der Waals surface area contributed by atoms with E-state index < -0.39 is 23.4 Å². The van der Waals surface area contributed by atoms with Crippen LogP contribution >= 0.6 is 0 Å². The SMILES string of the molecule is CC(C)(C)OC(=O)Nc1ccc(F)cc1NC(=O)CCN1C(=O)C2CCCCC2C1=O. The van der Waals surface area contributed by atoms with Crippen molar-refractivity contribution in [3.05, 3.63) is 24.0 Å². The first kappa shape index (κ1) is 22.7. The number of rotatable bonds is 5. The molecule has 1 saturated heterocycles. The first-order valence-corrected chi connectivity index (χ1v) is 10.5. The number of benzene rings is 1. The number of nitrogens with one attached hydrogen (secondary N) is 2. The number of amides is 4. The van der Waals surface area contributed by atoms with Crippen LogP contribution in [0, 0.1) is 17.7 Å². The summed E-state index contributed by atoms with van der Waals surface area (Å²) in [6, 6.07) is 3.53. The molecule has 2 N–H and O–H groups in total. The molecule has 1 saturated carbocycles. The van der Waals surface area contributed by atoms with E-state index in [0.717, 1.165) is 25.0 Å². The molecule has 9 heteroatoms. The molecular weight excluding hydrogens is 405 g/mol. The van der Waals surface area contributed by atoms with Gasteiger partial charge in [-0.25, -0.2) is 9.18 Å². The van der Waals surface area contributed by atoms with Crippen LogP contribution in [0.2, 0.25) is 0 Å². The van der Waals surface area contributed by atoms with Crippen molar-refractivity contribution in [2.45, 2.75) is 58.5 Å². The highest BCUT2D eigenvalue weighted by atomic mass is 19.1. The lowest BCUT2D eigenvalue weighted by Gasteiger charge is -2.20. The second kappa shape index (κ2) is 9.03. The van der Waals surface area contributed by atoms with E-state index in [2.05, 4.69) is 10.6 Å². The number of ether oxygens (including phenoxy) is 1. The molecule has 2 fully saturated rings. The number of hydrogen-bond acceptors (Lipinski definition) is 5. The Morgan fingerprint density at radius 2 is 1.68 bits per heavy atom. The second-order valence-corrected chi connectivity index (χ2v) is 8.94. The molecule has 0 radical (unpaired) electrons. The normalized spacial score (nSPS) is 21.0. The zero-order chi connectivity index (χ0) is 22.8. The van der Waals surface area contributed by atoms with E-state index in [1.165, 1.54) is 11.0 Å². The minimum absolute atomic E-state index is 0.0271. The highest BCUT2D eigenvalue weighted by Crippen LogP contribution is 2.38. The lowest BCUT2D eigenvalue weighted by Crippen LogP contribution is -2.34. The molecule has 0 aromatic heterocycles. The van der Waals surface area contributed by atoms with Crippen LogP contribution < -0.4 is 10.6 Å². The number of nitrogens with zero attached hydrogens (tertiary/aromatic N) is 1. The number of halogens is 1. The fraction of sp³-hybridized carbons (Fsp3) is 0.545. The Balaban J connectivity index is 1.61. The predicted octanol–water partition coefficient (Wildman–Crippen LogP) is 3.68. The Labute approximate surface area is 180 Å². The molecule has 2 atom stereocenters. The molecule has 31 heavy (non-hydrogen) atoms. The summed E-state index contributed by atoms with van der Waals surface area (Å²) in [6.45, 7) is 5.09. The molecule has 1 aliphatic heterocycles. The Morgan fingerprint density at radius 1 is 1.06 bits per heavy atom. The number of hydrogen-bond donors (Lipinski definition) is 2. The van der Waals surface area contributed by atoms with Crippen molar-refractivity contribution >= 4 is 35.2 Å². The van der Waals surface area contributed by atoms with Gasteiger partial charge in [-0.2, -0.15) is 0 Å². The number of anilines is 2. The van der Waals surface area contributed by atoms with Gasteiger partial charge in [0, 0.05) is 13.0 Å². The van der Waals surface area contributed by atoms with E-state index in [4.69, 9.17) is 4.74 Å². The maximum absolute atomic E-state index is 13.7. The molecule has 0 spiro atoms. The quantitative estimate of drug-likeness (QED) is 0.690. The number of carbonyl (C=O) groups excluding carboxylic acids is 4. The van der Waals surface area contributed by atoms with Gasteiger partial charge < -0.3 is 10.1 Å². The smallest absolute Gasteiger partial charge is 0.412 e. The summed E-state index contributed by atoms with van der Waals surface area (Å²) < 4.78 is 18.9. The van der Waals surface area contributed by atoms with E-state index >= 15 is 0 Å². The van der Waals surface area contributed by atoms with E-state index in [0.29, 0.717) is 12.8 Å². The molecule has 8 nitrogen and oxygen atoms in total. The molecule has 1 aromatic carbocycles. The van der Waals surface area contributed by atoms with E-state index in [1.54, 1.807) is 20.8 Å². The topological polar surface area (TPSA) is 105 Å². The summed E-state index contributed by atoms with van der Waals surface area (Å²) in [7, 11) is 0. The van der Waals surface area contributed by atoms with Crippen molar-refractivity contribution in [2.75, 3.05) is 17.2 Å². The Kier molecular flexibility index (Phi) is 6.62. The largest absolute Gasteiger partial charge is 0.444 e. The predicted molar refractivity (Wildman–Crippen MR) is 112 cm³/mol. The molecule has 1 heterocycles. The van der Waals surface area contributed by atoms with Crippen molar-refractivity contribution in [1.29, 1.82) is 0 Å². The molecule has 4 amide bonds. The minimum Gasteiger partial charge on any atom is -0.444 e. The number of imide groups is 1. The maximum atomic E-state index is 13.7. The van der Waals surface area contributed by atoms with Crippen LogP contribution in [0.4, 0.5) is 20.6 Å². The minimum atomic E-state index is -0.745. The highest BCUT2D eigenvalue weighted by molar-refractivity contribution is 6.05. The molecule has 1 aliphatic carbocycles. The van der Waals surface area contributed by atoms with Crippen LogP contribution in [0.15, 0.2) is 18.2 Å². The Hall–Kier alpha value is -2.97. The fourth-order valence-corrected chi connectivity index (χ4v) is 4.02. The van der Waals surface area contributed by atoms with Crippen LogP contribution in [0.1, 0.15) is 52.9 Å². The number of carbonyl (C=O) groups is 4. The van der Waals surface area contributed by atoms with Crippen molar-refractivity contribution in [2.24, 2.45) is 11.8 Å². The van der Waals surface area contributed by atoms with E-state index in [1.807, 2.05) is 0 Å². The average Bonchev–Trinajstić information content (AvgIpc) is 2.91. The second-order valence-electron chi connectivity index (χ2n) is 8.94. The third-order valence-electron chi connectivity index (χ3n) is 5.39. The Morgan fingerprint density at radius 3 is 2.26 bits per heavy atom. The summed E-state index contributed by atoms with van der Waals surface area (Å²) in [4.78, 5) is 50.7. The first-order chi connectivity index (χ1) is 14.5. The lowest BCUT2D eigenvalue weighted by atomic mass is 9.81. The molecular formula is C22H28FN3O5. The van der Waals surface area contributed by atoms with Crippen LogP contribution in [0.5, 0.6) is 0 Å². The Bertz CT molecular complexity index is 872. The number of likely N-dealkylation sites (tertiary alicyclic amines) is 1. The van der Waals surface area contributed by atoms with Crippen molar-refractivity contribution < 1.29 is 28.3 Å². The highest BCUT2D eigenvalue weighted by Gasteiger charge is 2.47. The summed E-state index contributed by atoms with van der Waals surface area (Å²) in [6.07, 6.45) is 2.41. The lowest BCUT2D eigenvalue weighted by molar-refractivity contribution is -0.140. The monoisotopic (exact) mass is 433 g/mol. The maximum Gasteiger partial charge on any atom is 0.412 e. The number of fused-ring (bicyclic) bond motifs is 1. The van der Waals surface area contributed by atoms with Gasteiger partial charge in [0.25, 0.3) is 0 Å². The summed E-state index contributed by atoms with van der Waals surface area (Å²) in [5.74, 6) is -2.05. The molecule has 2 unspecified atom stereocenters. The van der Waals surface area contributed by atoms with Gasteiger partial charge in [0.2, 0.25) is 17.7 Å². The fourth-order valence-electron chi connectivity index (χ4n) is 4.02. The van der Waals surface area contributed by atoms with Crippen molar-refractivity contribution in [3.8, 4) is 0 Å². The van der Waals surface area contributed by atoms with Gasteiger partial charge in [0.1, 0.15) is 11.4 Å². The molecule has 168 valence electrons. The van der Waals surface area contributed by atoms with Gasteiger partial charge in [-0.05, 0) is 51.8 Å². The summed E-state index contributed by atoms with van der Waals surface area (Å²) in [5.41, 5.74) is -0.494. The standard InChI is InChI=1S/C22H28FN3O5/c1-22(2,3)31-21(30)25-16-9-8-13(23)12-17(16)24-18(27)10-11-26-19(28)14-6-4-5-7-15(14)20(26)29/h8-9,12,14-15H,4-7,10-11H2,1-3H3,(H,24,27)(H,25,30). The van der Waals surface area contributed by atoms with Crippen LogP contribution in [-0.4, -0.2) is 40.9 Å².